The van der Waals surface area contributed by atoms with E-state index in [0.717, 1.165) is 27.1 Å². The van der Waals surface area contributed by atoms with E-state index in [1.807, 2.05) is 35.7 Å². The highest BCUT2D eigenvalue weighted by Crippen LogP contribution is 2.33. The molecule has 1 aromatic carbocycles. The lowest BCUT2D eigenvalue weighted by Crippen LogP contribution is -1.91. The molecule has 0 aliphatic carbocycles. The zero-order valence-corrected chi connectivity index (χ0v) is 11.1. The van der Waals surface area contributed by atoms with Crippen LogP contribution in [0, 0.1) is 0 Å². The van der Waals surface area contributed by atoms with Gasteiger partial charge in [0.1, 0.15) is 11.4 Å². The molecule has 3 aromatic rings. The third-order valence-corrected chi connectivity index (χ3v) is 3.85. The molecule has 0 unspecified atom stereocenters. The average molecular weight is 277 g/mol. The Morgan fingerprint density at radius 1 is 1.17 bits per heavy atom. The summed E-state index contributed by atoms with van der Waals surface area (Å²) in [6.45, 7) is 0. The van der Waals surface area contributed by atoms with Gasteiger partial charge in [-0.2, -0.15) is 0 Å². The molecule has 0 fully saturated rings. The van der Waals surface area contributed by atoms with E-state index in [9.17, 15) is 0 Å². The molecule has 2 aromatic heterocycles. The van der Waals surface area contributed by atoms with Crippen molar-refractivity contribution in [2.75, 3.05) is 7.11 Å². The molecule has 0 aliphatic rings. The number of thiophene rings is 1. The number of halogens is 1. The average Bonchev–Trinajstić information content (AvgIpc) is 2.93. The molecule has 0 atom stereocenters. The number of aromatic nitrogens is 2. The topological polar surface area (TPSA) is 35.0 Å². The molecule has 0 N–H and O–H groups in total. The van der Waals surface area contributed by atoms with Crippen molar-refractivity contribution in [1.82, 2.24) is 10.2 Å². The Balaban J connectivity index is 2.32. The molecule has 0 radical (unpaired) electrons. The fourth-order valence-electron chi connectivity index (χ4n) is 1.82. The molecule has 0 spiro atoms. The predicted octanol–water partition coefficient (Wildman–Crippen LogP) is 4.02. The SMILES string of the molecule is COc1ccc2c(-c3cccs3)nnc(Cl)c2c1. The summed E-state index contributed by atoms with van der Waals surface area (Å²) in [4.78, 5) is 1.08. The summed E-state index contributed by atoms with van der Waals surface area (Å²) in [7, 11) is 1.63. The molecule has 90 valence electrons. The van der Waals surface area contributed by atoms with Gasteiger partial charge in [-0.25, -0.2) is 0 Å². The maximum atomic E-state index is 6.09. The summed E-state index contributed by atoms with van der Waals surface area (Å²) in [6.07, 6.45) is 0. The van der Waals surface area contributed by atoms with Gasteiger partial charge in [0.2, 0.25) is 0 Å². The molecule has 18 heavy (non-hydrogen) atoms. The molecule has 0 saturated carbocycles. The van der Waals surface area contributed by atoms with Gasteiger partial charge >= 0.3 is 0 Å². The number of hydrogen-bond acceptors (Lipinski definition) is 4. The van der Waals surface area contributed by atoms with Crippen molar-refractivity contribution in [2.45, 2.75) is 0 Å². The molecule has 3 rings (SSSR count). The Morgan fingerprint density at radius 2 is 2.06 bits per heavy atom. The first-order valence-corrected chi connectivity index (χ1v) is 6.59. The van der Waals surface area contributed by atoms with E-state index in [-0.39, 0.29) is 0 Å². The highest BCUT2D eigenvalue weighted by atomic mass is 35.5. The molecule has 3 nitrogen and oxygen atoms in total. The highest BCUT2D eigenvalue weighted by Gasteiger charge is 2.11. The van der Waals surface area contributed by atoms with Gasteiger partial charge in [0.25, 0.3) is 0 Å². The molecule has 0 saturated heterocycles. The number of methoxy groups -OCH3 is 1. The van der Waals surface area contributed by atoms with Gasteiger partial charge in [-0.1, -0.05) is 17.7 Å². The van der Waals surface area contributed by atoms with E-state index in [1.165, 1.54) is 0 Å². The van der Waals surface area contributed by atoms with Crippen molar-refractivity contribution >= 4 is 33.7 Å². The van der Waals surface area contributed by atoms with Crippen LogP contribution in [0.1, 0.15) is 0 Å². The largest absolute Gasteiger partial charge is 0.497 e. The first-order chi connectivity index (χ1) is 8.79. The lowest BCUT2D eigenvalue weighted by atomic mass is 10.1. The van der Waals surface area contributed by atoms with E-state index in [4.69, 9.17) is 16.3 Å². The van der Waals surface area contributed by atoms with Crippen molar-refractivity contribution in [1.29, 1.82) is 0 Å². The van der Waals surface area contributed by atoms with Gasteiger partial charge < -0.3 is 4.74 Å². The lowest BCUT2D eigenvalue weighted by molar-refractivity contribution is 0.415. The number of fused-ring (bicyclic) bond motifs is 1. The summed E-state index contributed by atoms with van der Waals surface area (Å²) in [6, 6.07) is 9.75. The van der Waals surface area contributed by atoms with E-state index in [1.54, 1.807) is 18.4 Å². The number of rotatable bonds is 2. The molecular formula is C13H9ClN2OS. The quantitative estimate of drug-likeness (QED) is 0.709. The number of ether oxygens (including phenoxy) is 1. The van der Waals surface area contributed by atoms with Gasteiger partial charge in [-0.3, -0.25) is 0 Å². The van der Waals surface area contributed by atoms with Crippen molar-refractivity contribution < 1.29 is 4.74 Å². The smallest absolute Gasteiger partial charge is 0.159 e. The molecule has 0 aliphatic heterocycles. The van der Waals surface area contributed by atoms with Gasteiger partial charge in [-0.05, 0) is 29.6 Å². The Hall–Kier alpha value is -1.65. The third-order valence-electron chi connectivity index (χ3n) is 2.70. The minimum absolute atomic E-state index is 0.393. The van der Waals surface area contributed by atoms with Crippen LogP contribution in [-0.2, 0) is 0 Å². The van der Waals surface area contributed by atoms with E-state index in [2.05, 4.69) is 10.2 Å². The van der Waals surface area contributed by atoms with Gasteiger partial charge in [0.05, 0.1) is 12.0 Å². The number of nitrogens with zero attached hydrogens (tertiary/aromatic N) is 2. The van der Waals surface area contributed by atoms with Crippen LogP contribution in [0.25, 0.3) is 21.3 Å². The lowest BCUT2D eigenvalue weighted by Gasteiger charge is -2.06. The maximum Gasteiger partial charge on any atom is 0.159 e. The Kier molecular flexibility index (Phi) is 2.89. The van der Waals surface area contributed by atoms with E-state index >= 15 is 0 Å². The van der Waals surface area contributed by atoms with Crippen molar-refractivity contribution in [3.05, 3.63) is 40.9 Å². The first-order valence-electron chi connectivity index (χ1n) is 5.33. The summed E-state index contributed by atoms with van der Waals surface area (Å²) in [5.74, 6) is 0.759. The van der Waals surface area contributed by atoms with Gasteiger partial charge in [-0.15, -0.1) is 21.5 Å². The van der Waals surface area contributed by atoms with Crippen LogP contribution < -0.4 is 4.74 Å². The highest BCUT2D eigenvalue weighted by molar-refractivity contribution is 7.13. The number of benzene rings is 1. The second-order valence-electron chi connectivity index (χ2n) is 3.73. The van der Waals surface area contributed by atoms with Crippen LogP contribution in [0.3, 0.4) is 0 Å². The monoisotopic (exact) mass is 276 g/mol. The second kappa shape index (κ2) is 4.55. The molecule has 0 bridgehead atoms. The normalized spacial score (nSPS) is 10.8. The molecule has 5 heteroatoms. The van der Waals surface area contributed by atoms with Crippen LogP contribution in [-0.4, -0.2) is 17.3 Å². The van der Waals surface area contributed by atoms with Crippen LogP contribution in [0.2, 0.25) is 5.15 Å². The second-order valence-corrected chi connectivity index (χ2v) is 5.03. The van der Waals surface area contributed by atoms with Crippen LogP contribution in [0.4, 0.5) is 0 Å². The fraction of sp³-hybridized carbons (Fsp3) is 0.0769. The molecule has 2 heterocycles. The Morgan fingerprint density at radius 3 is 2.78 bits per heavy atom. The number of hydrogen-bond donors (Lipinski definition) is 0. The first kappa shape index (κ1) is 11.4. The van der Waals surface area contributed by atoms with Crippen molar-refractivity contribution in [3.8, 4) is 16.3 Å². The molecular weight excluding hydrogens is 268 g/mol. The zero-order valence-electron chi connectivity index (χ0n) is 9.55. The van der Waals surface area contributed by atoms with Crippen molar-refractivity contribution in [2.24, 2.45) is 0 Å². The summed E-state index contributed by atoms with van der Waals surface area (Å²) < 4.78 is 5.20. The minimum atomic E-state index is 0.393. The van der Waals surface area contributed by atoms with Crippen LogP contribution in [0.15, 0.2) is 35.7 Å². The van der Waals surface area contributed by atoms with Crippen LogP contribution >= 0.6 is 22.9 Å². The summed E-state index contributed by atoms with van der Waals surface area (Å²) in [5, 5.41) is 12.4. The standard InChI is InChI=1S/C13H9ClN2OS/c1-17-8-4-5-9-10(7-8)13(14)16-15-12(9)11-3-2-6-18-11/h2-7H,1H3. The summed E-state index contributed by atoms with van der Waals surface area (Å²) >= 11 is 7.72. The van der Waals surface area contributed by atoms with Crippen molar-refractivity contribution in [3.63, 3.8) is 0 Å². The van der Waals surface area contributed by atoms with E-state index < -0.39 is 0 Å². The third kappa shape index (κ3) is 1.83. The van der Waals surface area contributed by atoms with Gasteiger partial charge in [0, 0.05) is 10.8 Å². The van der Waals surface area contributed by atoms with Gasteiger partial charge in [0.15, 0.2) is 5.15 Å². The van der Waals surface area contributed by atoms with Crippen LogP contribution in [0.5, 0.6) is 5.75 Å². The molecule has 0 amide bonds. The fourth-order valence-corrected chi connectivity index (χ4v) is 2.74. The zero-order chi connectivity index (χ0) is 12.5. The Bertz CT molecular complexity index is 698. The predicted molar refractivity (Wildman–Crippen MR) is 74.4 cm³/mol. The Labute approximate surface area is 113 Å². The maximum absolute atomic E-state index is 6.09. The minimum Gasteiger partial charge on any atom is -0.497 e. The van der Waals surface area contributed by atoms with E-state index in [0.29, 0.717) is 5.15 Å². The summed E-state index contributed by atoms with van der Waals surface area (Å²) in [5.41, 5.74) is 0.854.